The lowest BCUT2D eigenvalue weighted by molar-refractivity contribution is -0.936. The lowest BCUT2D eigenvalue weighted by atomic mass is 10.0. The van der Waals surface area contributed by atoms with Crippen molar-refractivity contribution in [2.75, 3.05) is 19.6 Å². The van der Waals surface area contributed by atoms with Gasteiger partial charge in [0.25, 0.3) is 5.91 Å². The molecule has 30 heavy (non-hydrogen) atoms. The molecule has 2 heterocycles. The minimum Gasteiger partial charge on any atom is -0.463 e. The number of hydrogen-bond acceptors (Lipinski definition) is 2. The summed E-state index contributed by atoms with van der Waals surface area (Å²) in [4.78, 5) is 13.6. The Hall–Kier alpha value is -2.49. The number of amides is 1. The van der Waals surface area contributed by atoms with Crippen LogP contribution in [-0.2, 0) is 12.4 Å². The highest BCUT2D eigenvalue weighted by molar-refractivity contribution is 5.94. The lowest BCUT2D eigenvalue weighted by Gasteiger charge is -2.30. The molecule has 0 radical (unpaired) electrons. The highest BCUT2D eigenvalue weighted by atomic mass is 19.4. The van der Waals surface area contributed by atoms with Gasteiger partial charge < -0.3 is 14.6 Å². The number of carbonyl (C=O) groups is 1. The fourth-order valence-electron chi connectivity index (χ4n) is 3.67. The van der Waals surface area contributed by atoms with Gasteiger partial charge in [0, 0.05) is 5.56 Å². The van der Waals surface area contributed by atoms with Crippen LogP contribution in [0.15, 0.2) is 41.0 Å². The number of nitrogens with one attached hydrogen (secondary N) is 2. The van der Waals surface area contributed by atoms with Gasteiger partial charge in [0.1, 0.15) is 0 Å². The first-order valence-corrected chi connectivity index (χ1v) is 9.51. The molecular formula is C20H21F6N2O2+. The van der Waals surface area contributed by atoms with E-state index in [1.807, 2.05) is 0 Å². The van der Waals surface area contributed by atoms with Gasteiger partial charge in [-0.15, -0.1) is 0 Å². The Kier molecular flexibility index (Phi) is 6.44. The molecule has 1 aliphatic rings. The number of benzene rings is 1. The van der Waals surface area contributed by atoms with E-state index in [4.69, 9.17) is 4.42 Å². The van der Waals surface area contributed by atoms with Gasteiger partial charge in [-0.2, -0.15) is 26.3 Å². The zero-order valence-electron chi connectivity index (χ0n) is 15.9. The van der Waals surface area contributed by atoms with Crippen molar-refractivity contribution in [3.63, 3.8) is 0 Å². The molecule has 1 aromatic heterocycles. The van der Waals surface area contributed by atoms with Crippen molar-refractivity contribution in [3.05, 3.63) is 59.0 Å². The van der Waals surface area contributed by atoms with Crippen molar-refractivity contribution in [1.82, 2.24) is 5.32 Å². The normalized spacial score (nSPS) is 17.0. The van der Waals surface area contributed by atoms with Crippen LogP contribution in [0.2, 0.25) is 0 Å². The van der Waals surface area contributed by atoms with Crippen molar-refractivity contribution < 1.29 is 40.5 Å². The summed E-state index contributed by atoms with van der Waals surface area (Å²) in [6, 6.07) is 4.01. The number of carbonyl (C=O) groups excluding carboxylic acids is 1. The molecule has 3 rings (SSSR count). The fourth-order valence-corrected chi connectivity index (χ4v) is 3.67. The molecule has 1 saturated heterocycles. The van der Waals surface area contributed by atoms with Gasteiger partial charge >= 0.3 is 12.4 Å². The number of furan rings is 1. The SMILES string of the molecule is O=C(NC[C@H](c1ccco1)[NH+]1CCCCC1)c1cc(C(F)(F)F)cc(C(F)(F)F)c1. The molecule has 2 aromatic rings. The zero-order chi connectivity index (χ0) is 21.9. The van der Waals surface area contributed by atoms with E-state index in [0.717, 1.165) is 37.3 Å². The van der Waals surface area contributed by atoms with E-state index >= 15 is 0 Å². The van der Waals surface area contributed by atoms with Crippen LogP contribution in [0.5, 0.6) is 0 Å². The van der Waals surface area contributed by atoms with E-state index in [1.54, 1.807) is 12.1 Å². The number of halogens is 6. The molecular weight excluding hydrogens is 414 g/mol. The summed E-state index contributed by atoms with van der Waals surface area (Å²) in [5.74, 6) is -0.396. The minimum atomic E-state index is -5.01. The Morgan fingerprint density at radius 3 is 2.10 bits per heavy atom. The van der Waals surface area contributed by atoms with Crippen molar-refractivity contribution in [2.45, 2.75) is 37.7 Å². The van der Waals surface area contributed by atoms with Gasteiger partial charge in [-0.3, -0.25) is 4.79 Å². The third kappa shape index (κ3) is 5.35. The summed E-state index contributed by atoms with van der Waals surface area (Å²) in [7, 11) is 0. The van der Waals surface area contributed by atoms with Crippen LogP contribution in [-0.4, -0.2) is 25.5 Å². The maximum Gasteiger partial charge on any atom is 0.416 e. The third-order valence-corrected chi connectivity index (χ3v) is 5.19. The Bertz CT molecular complexity index is 823. The summed E-state index contributed by atoms with van der Waals surface area (Å²) in [5, 5.41) is 2.49. The van der Waals surface area contributed by atoms with E-state index in [9.17, 15) is 31.1 Å². The monoisotopic (exact) mass is 435 g/mol. The molecule has 0 unspecified atom stereocenters. The first-order chi connectivity index (χ1) is 14.1. The van der Waals surface area contributed by atoms with Crippen LogP contribution < -0.4 is 10.2 Å². The number of hydrogen-bond donors (Lipinski definition) is 2. The predicted octanol–water partition coefficient (Wildman–Crippen LogP) is 3.86. The first-order valence-electron chi connectivity index (χ1n) is 9.51. The van der Waals surface area contributed by atoms with Crippen LogP contribution in [0, 0.1) is 0 Å². The van der Waals surface area contributed by atoms with Gasteiger partial charge in [-0.1, -0.05) is 0 Å². The Balaban J connectivity index is 1.81. The van der Waals surface area contributed by atoms with Crippen LogP contribution in [0.1, 0.15) is 52.5 Å². The van der Waals surface area contributed by atoms with Gasteiger partial charge in [0.05, 0.1) is 37.0 Å². The lowest BCUT2D eigenvalue weighted by Crippen LogP contribution is -3.13. The van der Waals surface area contributed by atoms with E-state index in [1.165, 1.54) is 6.26 Å². The maximum atomic E-state index is 13.0. The van der Waals surface area contributed by atoms with Crippen LogP contribution >= 0.6 is 0 Å². The summed E-state index contributed by atoms with van der Waals surface area (Å²) in [6.45, 7) is 1.70. The van der Waals surface area contributed by atoms with Gasteiger partial charge in [-0.05, 0) is 49.6 Å². The highest BCUT2D eigenvalue weighted by Crippen LogP contribution is 2.36. The molecule has 0 bridgehead atoms. The first kappa shape index (κ1) is 22.2. The quantitative estimate of drug-likeness (QED) is 0.701. The topological polar surface area (TPSA) is 46.7 Å². The van der Waals surface area contributed by atoms with Crippen LogP contribution in [0.3, 0.4) is 0 Å². The van der Waals surface area contributed by atoms with Crippen molar-refractivity contribution in [3.8, 4) is 0 Å². The second-order valence-electron chi connectivity index (χ2n) is 7.29. The number of rotatable bonds is 5. The average molecular weight is 435 g/mol. The second kappa shape index (κ2) is 8.71. The second-order valence-corrected chi connectivity index (χ2v) is 7.29. The highest BCUT2D eigenvalue weighted by Gasteiger charge is 2.37. The van der Waals surface area contributed by atoms with Gasteiger partial charge in [0.2, 0.25) is 0 Å². The molecule has 2 N–H and O–H groups in total. The summed E-state index contributed by atoms with van der Waals surface area (Å²) in [5.41, 5.74) is -3.73. The zero-order valence-corrected chi connectivity index (χ0v) is 15.9. The molecule has 1 aliphatic heterocycles. The maximum absolute atomic E-state index is 13.0. The number of piperidine rings is 1. The van der Waals surface area contributed by atoms with Gasteiger partial charge in [-0.25, -0.2) is 0 Å². The number of likely N-dealkylation sites (tertiary alicyclic amines) is 1. The standard InChI is InChI=1S/C20H20F6N2O2/c21-19(22,23)14-9-13(10-15(11-14)20(24,25)26)18(29)27-12-16(17-5-4-8-30-17)28-6-2-1-3-7-28/h4-5,8-11,16H,1-3,6-7,12H2,(H,27,29)/p+1/t16-/m1/s1. The fraction of sp³-hybridized carbons (Fsp3) is 0.450. The van der Waals surface area contributed by atoms with Crippen molar-refractivity contribution >= 4 is 5.91 Å². The van der Waals surface area contributed by atoms with E-state index < -0.39 is 35.0 Å². The Morgan fingerprint density at radius 2 is 1.60 bits per heavy atom. The molecule has 10 heteroatoms. The summed E-state index contributed by atoms with van der Waals surface area (Å²) in [6.07, 6.45) is -5.47. The van der Waals surface area contributed by atoms with Crippen molar-refractivity contribution in [2.24, 2.45) is 0 Å². The molecule has 1 amide bonds. The Morgan fingerprint density at radius 1 is 1.00 bits per heavy atom. The van der Waals surface area contributed by atoms with E-state index in [0.29, 0.717) is 17.9 Å². The van der Waals surface area contributed by atoms with Crippen molar-refractivity contribution in [1.29, 1.82) is 0 Å². The molecule has 1 fully saturated rings. The average Bonchev–Trinajstić information content (AvgIpc) is 3.21. The molecule has 164 valence electrons. The van der Waals surface area contributed by atoms with E-state index in [-0.39, 0.29) is 18.7 Å². The molecule has 0 spiro atoms. The van der Waals surface area contributed by atoms with Crippen LogP contribution in [0.25, 0.3) is 0 Å². The number of alkyl halides is 6. The Labute approximate surface area is 168 Å². The molecule has 0 saturated carbocycles. The predicted molar refractivity (Wildman–Crippen MR) is 94.8 cm³/mol. The molecule has 4 nitrogen and oxygen atoms in total. The summed E-state index contributed by atoms with van der Waals surface area (Å²) < 4.78 is 83.6. The number of quaternary nitrogens is 1. The summed E-state index contributed by atoms with van der Waals surface area (Å²) >= 11 is 0. The minimum absolute atomic E-state index is 0.000310. The molecule has 0 aliphatic carbocycles. The largest absolute Gasteiger partial charge is 0.463 e. The van der Waals surface area contributed by atoms with Gasteiger partial charge in [0.15, 0.2) is 11.8 Å². The smallest absolute Gasteiger partial charge is 0.416 e. The van der Waals surface area contributed by atoms with Crippen LogP contribution in [0.4, 0.5) is 26.3 Å². The third-order valence-electron chi connectivity index (χ3n) is 5.19. The molecule has 1 atom stereocenters. The van der Waals surface area contributed by atoms with E-state index in [2.05, 4.69) is 5.32 Å². The molecule has 1 aromatic carbocycles.